The second-order valence-electron chi connectivity index (χ2n) is 5.13. The van der Waals surface area contributed by atoms with Gasteiger partial charge in [-0.3, -0.25) is 0 Å². The molecule has 1 aliphatic heterocycles. The van der Waals surface area contributed by atoms with Crippen molar-refractivity contribution in [3.05, 3.63) is 48.5 Å². The molecule has 0 atom stereocenters. The van der Waals surface area contributed by atoms with Crippen molar-refractivity contribution in [1.29, 1.82) is 0 Å². The lowest BCUT2D eigenvalue weighted by Gasteiger charge is -2.21. The fourth-order valence-corrected chi connectivity index (χ4v) is 2.45. The Morgan fingerprint density at radius 3 is 1.80 bits per heavy atom. The molecule has 1 N–H and O–H groups in total. The maximum atomic E-state index is 5.10. The normalized spacial score (nSPS) is 16.1. The van der Waals surface area contributed by atoms with Gasteiger partial charge in [0.05, 0.1) is 13.2 Å². The van der Waals surface area contributed by atoms with Crippen molar-refractivity contribution in [2.45, 2.75) is 0 Å². The number of ether oxygens (including phenoxy) is 1. The summed E-state index contributed by atoms with van der Waals surface area (Å²) in [7, 11) is 2.11. The van der Waals surface area contributed by atoms with Crippen LogP contribution in [0.15, 0.2) is 48.5 Å². The molecule has 0 saturated carbocycles. The van der Waals surface area contributed by atoms with Gasteiger partial charge in [0.15, 0.2) is 0 Å². The molecular weight excluding hydrogens is 248 g/mol. The van der Waals surface area contributed by atoms with Gasteiger partial charge in [-0.2, -0.15) is 0 Å². The fraction of sp³-hybridized carbons (Fsp3) is 0.294. The first-order valence-corrected chi connectivity index (χ1v) is 7.06. The number of likely N-dealkylation sites (N-methyl/N-ethyl adjacent to an activating group) is 1. The Balaban J connectivity index is 0.000000147. The summed E-state index contributed by atoms with van der Waals surface area (Å²) in [6, 6.07) is 16.8. The van der Waals surface area contributed by atoms with Crippen LogP contribution < -0.4 is 0 Å². The average Bonchev–Trinajstić information content (AvgIpc) is 2.87. The molecule has 0 bridgehead atoms. The highest BCUT2D eigenvalue weighted by Gasteiger charge is 2.02. The van der Waals surface area contributed by atoms with Crippen LogP contribution >= 0.6 is 0 Å². The van der Waals surface area contributed by atoms with E-state index in [0.717, 1.165) is 26.3 Å². The first kappa shape index (κ1) is 13.2. The predicted octanol–water partition coefficient (Wildman–Crippen LogP) is 3.27. The van der Waals surface area contributed by atoms with Crippen LogP contribution in [0, 0.1) is 0 Å². The predicted molar refractivity (Wildman–Crippen MR) is 84.1 cm³/mol. The van der Waals surface area contributed by atoms with Crippen LogP contribution in [-0.4, -0.2) is 43.2 Å². The van der Waals surface area contributed by atoms with Gasteiger partial charge in [-0.05, 0) is 19.2 Å². The van der Waals surface area contributed by atoms with Crippen LogP contribution in [0.1, 0.15) is 0 Å². The molecule has 0 radical (unpaired) electrons. The molecule has 1 saturated heterocycles. The minimum Gasteiger partial charge on any atom is -0.379 e. The lowest BCUT2D eigenvalue weighted by atomic mass is 10.2. The standard InChI is InChI=1S/C12H9N.C5H11NO/c1-3-7-11-9(5-1)10-6-2-4-8-12(10)13-11;1-6-2-4-7-5-3-6/h1-8,13H;2-5H2,1H3. The second kappa shape index (κ2) is 6.07. The van der Waals surface area contributed by atoms with Crippen LogP contribution in [0.3, 0.4) is 0 Å². The van der Waals surface area contributed by atoms with Gasteiger partial charge < -0.3 is 14.6 Å². The van der Waals surface area contributed by atoms with Gasteiger partial charge >= 0.3 is 0 Å². The highest BCUT2D eigenvalue weighted by Crippen LogP contribution is 2.24. The van der Waals surface area contributed by atoms with Gasteiger partial charge in [-0.15, -0.1) is 0 Å². The highest BCUT2D eigenvalue weighted by atomic mass is 16.5. The number of nitrogens with one attached hydrogen (secondary N) is 1. The van der Waals surface area contributed by atoms with E-state index < -0.39 is 0 Å². The Labute approximate surface area is 119 Å². The van der Waals surface area contributed by atoms with E-state index in [0.29, 0.717) is 0 Å². The number of hydrogen-bond acceptors (Lipinski definition) is 2. The molecule has 3 heteroatoms. The van der Waals surface area contributed by atoms with Gasteiger partial charge in [-0.25, -0.2) is 0 Å². The molecule has 2 aromatic carbocycles. The third kappa shape index (κ3) is 2.84. The monoisotopic (exact) mass is 268 g/mol. The number of benzene rings is 2. The number of morpholine rings is 1. The van der Waals surface area contributed by atoms with E-state index in [1.165, 1.54) is 21.8 Å². The number of H-pyrrole nitrogens is 1. The number of nitrogens with zero attached hydrogens (tertiary/aromatic N) is 1. The van der Waals surface area contributed by atoms with Crippen molar-refractivity contribution in [2.24, 2.45) is 0 Å². The van der Waals surface area contributed by atoms with E-state index in [2.05, 4.69) is 65.5 Å². The summed E-state index contributed by atoms with van der Waals surface area (Å²) in [5.41, 5.74) is 2.42. The molecular formula is C17H20N2O. The Bertz CT molecular complexity index is 633. The first-order valence-electron chi connectivity index (χ1n) is 7.06. The van der Waals surface area contributed by atoms with Crippen LogP contribution in [0.2, 0.25) is 0 Å². The van der Waals surface area contributed by atoms with Crippen LogP contribution in [0.4, 0.5) is 0 Å². The third-order valence-corrected chi connectivity index (χ3v) is 3.65. The number of aromatic nitrogens is 1. The lowest BCUT2D eigenvalue weighted by molar-refractivity contribution is 0.0503. The molecule has 1 fully saturated rings. The zero-order valence-electron chi connectivity index (χ0n) is 11.8. The Kier molecular flexibility index (Phi) is 4.00. The molecule has 0 amide bonds. The van der Waals surface area contributed by atoms with Crippen molar-refractivity contribution in [1.82, 2.24) is 9.88 Å². The smallest absolute Gasteiger partial charge is 0.0594 e. The third-order valence-electron chi connectivity index (χ3n) is 3.65. The number of fused-ring (bicyclic) bond motifs is 3. The van der Waals surface area contributed by atoms with Crippen molar-refractivity contribution < 1.29 is 4.74 Å². The van der Waals surface area contributed by atoms with Crippen LogP contribution in [0.25, 0.3) is 21.8 Å². The Hall–Kier alpha value is -1.84. The molecule has 2 heterocycles. The van der Waals surface area contributed by atoms with Crippen LogP contribution in [0.5, 0.6) is 0 Å². The molecule has 0 spiro atoms. The Morgan fingerprint density at radius 2 is 1.35 bits per heavy atom. The summed E-state index contributed by atoms with van der Waals surface area (Å²) < 4.78 is 5.10. The van der Waals surface area contributed by atoms with Crippen molar-refractivity contribution in [2.75, 3.05) is 33.4 Å². The van der Waals surface area contributed by atoms with Gasteiger partial charge in [0.25, 0.3) is 0 Å². The molecule has 4 rings (SSSR count). The molecule has 1 aliphatic rings. The minimum absolute atomic E-state index is 0.913. The number of hydrogen-bond donors (Lipinski definition) is 1. The number of para-hydroxylation sites is 2. The summed E-state index contributed by atoms with van der Waals surface area (Å²) in [5, 5.41) is 2.61. The molecule has 0 unspecified atom stereocenters. The summed E-state index contributed by atoms with van der Waals surface area (Å²) in [6.45, 7) is 4.02. The lowest BCUT2D eigenvalue weighted by Crippen LogP contribution is -2.32. The highest BCUT2D eigenvalue weighted by molar-refractivity contribution is 6.06. The molecule has 3 nitrogen and oxygen atoms in total. The maximum Gasteiger partial charge on any atom is 0.0594 e. The quantitative estimate of drug-likeness (QED) is 0.678. The summed E-state index contributed by atoms with van der Waals surface area (Å²) in [4.78, 5) is 5.65. The summed E-state index contributed by atoms with van der Waals surface area (Å²) in [6.07, 6.45) is 0. The molecule has 1 aromatic heterocycles. The summed E-state index contributed by atoms with van der Waals surface area (Å²) >= 11 is 0. The van der Waals surface area contributed by atoms with E-state index in [1.54, 1.807) is 0 Å². The van der Waals surface area contributed by atoms with Gasteiger partial charge in [0.2, 0.25) is 0 Å². The zero-order chi connectivity index (χ0) is 13.8. The van der Waals surface area contributed by atoms with Crippen LogP contribution in [-0.2, 0) is 4.74 Å². The van der Waals surface area contributed by atoms with Gasteiger partial charge in [0.1, 0.15) is 0 Å². The molecule has 3 aromatic rings. The summed E-state index contributed by atoms with van der Waals surface area (Å²) in [5.74, 6) is 0. The van der Waals surface area contributed by atoms with E-state index in [1.807, 2.05) is 0 Å². The van der Waals surface area contributed by atoms with E-state index >= 15 is 0 Å². The largest absolute Gasteiger partial charge is 0.379 e. The van der Waals surface area contributed by atoms with Crippen molar-refractivity contribution in [3.63, 3.8) is 0 Å². The van der Waals surface area contributed by atoms with E-state index in [9.17, 15) is 0 Å². The topological polar surface area (TPSA) is 28.3 Å². The minimum atomic E-state index is 0.913. The van der Waals surface area contributed by atoms with E-state index in [-0.39, 0.29) is 0 Å². The maximum absolute atomic E-state index is 5.10. The molecule has 104 valence electrons. The molecule has 0 aliphatic carbocycles. The van der Waals surface area contributed by atoms with Gasteiger partial charge in [0, 0.05) is 34.9 Å². The van der Waals surface area contributed by atoms with Crippen molar-refractivity contribution >= 4 is 21.8 Å². The zero-order valence-corrected chi connectivity index (χ0v) is 11.8. The number of aromatic amines is 1. The van der Waals surface area contributed by atoms with Gasteiger partial charge in [-0.1, -0.05) is 36.4 Å². The first-order chi connectivity index (χ1) is 9.84. The Morgan fingerprint density at radius 1 is 0.850 bits per heavy atom. The van der Waals surface area contributed by atoms with E-state index in [4.69, 9.17) is 4.74 Å². The SMILES string of the molecule is CN1CCOCC1.c1ccc2c(c1)[nH]c1ccccc12. The fourth-order valence-electron chi connectivity index (χ4n) is 2.45. The average molecular weight is 268 g/mol. The molecule has 20 heavy (non-hydrogen) atoms. The second-order valence-corrected chi connectivity index (χ2v) is 5.13. The number of rotatable bonds is 0. The van der Waals surface area contributed by atoms with Crippen molar-refractivity contribution in [3.8, 4) is 0 Å².